The molecule has 1 heterocycles. The van der Waals surface area contributed by atoms with Gasteiger partial charge in [-0.3, -0.25) is 0 Å². The van der Waals surface area contributed by atoms with Gasteiger partial charge < -0.3 is 20.7 Å². The third kappa shape index (κ3) is 3.65. The van der Waals surface area contributed by atoms with Gasteiger partial charge in [0.25, 0.3) is 0 Å². The zero-order chi connectivity index (χ0) is 11.4. The average molecular weight is 215 g/mol. The van der Waals surface area contributed by atoms with Crippen LogP contribution < -0.4 is 11.1 Å². The number of nitrogens with one attached hydrogen (secondary N) is 1. The molecule has 86 valence electrons. The van der Waals surface area contributed by atoms with Crippen LogP contribution in [0.15, 0.2) is 0 Å². The van der Waals surface area contributed by atoms with Gasteiger partial charge in [0, 0.05) is 19.1 Å². The maximum atomic E-state index is 11.4. The lowest BCUT2D eigenvalue weighted by Gasteiger charge is -2.18. The summed E-state index contributed by atoms with van der Waals surface area (Å²) in [6.07, 6.45) is 0.260. The van der Waals surface area contributed by atoms with Crippen molar-refractivity contribution in [2.75, 3.05) is 13.1 Å². The number of nitrogens with zero attached hydrogens (tertiary/aromatic N) is 1. The summed E-state index contributed by atoms with van der Waals surface area (Å²) in [5.41, 5.74) is 4.99. The summed E-state index contributed by atoms with van der Waals surface area (Å²) in [4.78, 5) is 23.6. The molecule has 0 radical (unpaired) electrons. The lowest BCUT2D eigenvalue weighted by atomic mass is 10.3. The molecule has 0 aromatic carbocycles. The van der Waals surface area contributed by atoms with Crippen LogP contribution in [-0.2, 0) is 4.74 Å². The Morgan fingerprint density at radius 3 is 2.73 bits per heavy atom. The molecule has 1 rings (SSSR count). The van der Waals surface area contributed by atoms with Gasteiger partial charge in [0.1, 0.15) is 0 Å². The number of rotatable bonds is 2. The highest BCUT2D eigenvalue weighted by Gasteiger charge is 2.28. The summed E-state index contributed by atoms with van der Waals surface area (Å²) < 4.78 is 5.03. The number of carbonyl (C=O) groups excluding carboxylic acids is 2. The normalized spacial score (nSPS) is 20.5. The smallest absolute Gasteiger partial charge is 0.410 e. The van der Waals surface area contributed by atoms with Crippen molar-refractivity contribution >= 4 is 12.1 Å². The molecule has 0 saturated carbocycles. The third-order valence-corrected chi connectivity index (χ3v) is 2.13. The van der Waals surface area contributed by atoms with E-state index in [0.717, 1.165) is 6.42 Å². The van der Waals surface area contributed by atoms with Crippen LogP contribution in [0, 0.1) is 0 Å². The average Bonchev–Trinajstić information content (AvgIpc) is 2.50. The van der Waals surface area contributed by atoms with Crippen molar-refractivity contribution < 1.29 is 14.3 Å². The summed E-state index contributed by atoms with van der Waals surface area (Å²) in [5.74, 6) is 0. The summed E-state index contributed by atoms with van der Waals surface area (Å²) >= 11 is 0. The number of hydrogen-bond acceptors (Lipinski definition) is 3. The fraction of sp³-hybridized carbons (Fsp3) is 0.778. The van der Waals surface area contributed by atoms with Gasteiger partial charge in [-0.2, -0.15) is 0 Å². The molecule has 1 aliphatic rings. The molecular weight excluding hydrogens is 198 g/mol. The summed E-state index contributed by atoms with van der Waals surface area (Å²) in [6.45, 7) is 4.66. The first-order chi connectivity index (χ1) is 6.99. The van der Waals surface area contributed by atoms with E-state index in [4.69, 9.17) is 10.5 Å². The zero-order valence-electron chi connectivity index (χ0n) is 9.03. The lowest BCUT2D eigenvalue weighted by molar-refractivity contribution is 0.0830. The molecule has 6 nitrogen and oxygen atoms in total. The maximum Gasteiger partial charge on any atom is 0.410 e. The van der Waals surface area contributed by atoms with Crippen LogP contribution in [0.5, 0.6) is 0 Å². The van der Waals surface area contributed by atoms with Crippen LogP contribution in [-0.4, -0.2) is 42.3 Å². The van der Waals surface area contributed by atoms with E-state index < -0.39 is 6.03 Å². The van der Waals surface area contributed by atoms with Crippen molar-refractivity contribution in [1.29, 1.82) is 0 Å². The first kappa shape index (κ1) is 11.6. The van der Waals surface area contributed by atoms with Gasteiger partial charge in [0.15, 0.2) is 0 Å². The van der Waals surface area contributed by atoms with Gasteiger partial charge in [0.2, 0.25) is 0 Å². The summed E-state index contributed by atoms with van der Waals surface area (Å²) in [7, 11) is 0. The van der Waals surface area contributed by atoms with E-state index in [2.05, 4.69) is 5.32 Å². The minimum Gasteiger partial charge on any atom is -0.447 e. The number of amides is 3. The Hall–Kier alpha value is -1.46. The van der Waals surface area contributed by atoms with E-state index in [1.807, 2.05) is 0 Å². The van der Waals surface area contributed by atoms with E-state index in [1.54, 1.807) is 18.7 Å². The third-order valence-electron chi connectivity index (χ3n) is 2.13. The highest BCUT2D eigenvalue weighted by atomic mass is 16.6. The number of primary amides is 1. The molecule has 0 aliphatic carbocycles. The van der Waals surface area contributed by atoms with Gasteiger partial charge in [-0.15, -0.1) is 0 Å². The standard InChI is InChI=1S/C9H17N3O3/c1-6(2)15-9(14)12-4-3-7(5-12)11-8(10)13/h6-7H,3-5H2,1-2H3,(H3,10,11,13). The molecule has 1 atom stereocenters. The van der Waals surface area contributed by atoms with Crippen molar-refractivity contribution in [3.05, 3.63) is 0 Å². The SMILES string of the molecule is CC(C)OC(=O)N1CCC(NC(N)=O)C1. The molecule has 1 fully saturated rings. The molecule has 0 aromatic heterocycles. The van der Waals surface area contributed by atoms with Crippen LogP contribution in [0.4, 0.5) is 9.59 Å². The number of urea groups is 1. The van der Waals surface area contributed by atoms with Gasteiger partial charge in [-0.25, -0.2) is 9.59 Å². The monoisotopic (exact) mass is 215 g/mol. The Kier molecular flexibility index (Phi) is 3.76. The highest BCUT2D eigenvalue weighted by Crippen LogP contribution is 2.11. The topological polar surface area (TPSA) is 84.7 Å². The van der Waals surface area contributed by atoms with Crippen LogP contribution >= 0.6 is 0 Å². The van der Waals surface area contributed by atoms with E-state index in [1.165, 1.54) is 0 Å². The molecule has 1 saturated heterocycles. The molecule has 3 N–H and O–H groups in total. The van der Waals surface area contributed by atoms with Crippen LogP contribution in [0.25, 0.3) is 0 Å². The fourth-order valence-electron chi connectivity index (χ4n) is 1.52. The molecule has 1 aliphatic heterocycles. The number of nitrogens with two attached hydrogens (primary N) is 1. The van der Waals surface area contributed by atoms with Crippen LogP contribution in [0.1, 0.15) is 20.3 Å². The van der Waals surface area contributed by atoms with Crippen molar-refractivity contribution in [3.63, 3.8) is 0 Å². The number of hydrogen-bond donors (Lipinski definition) is 2. The Balaban J connectivity index is 2.35. The molecule has 0 spiro atoms. The first-order valence-corrected chi connectivity index (χ1v) is 5.00. The molecule has 0 aromatic rings. The van der Waals surface area contributed by atoms with E-state index in [9.17, 15) is 9.59 Å². The number of carbonyl (C=O) groups is 2. The summed E-state index contributed by atoms with van der Waals surface area (Å²) in [6, 6.07) is -0.610. The number of ether oxygens (including phenoxy) is 1. The minimum absolute atomic E-state index is 0.0535. The van der Waals surface area contributed by atoms with Crippen molar-refractivity contribution in [1.82, 2.24) is 10.2 Å². The van der Waals surface area contributed by atoms with Crippen LogP contribution in [0.2, 0.25) is 0 Å². The molecule has 1 unspecified atom stereocenters. The predicted molar refractivity (Wildman–Crippen MR) is 54.3 cm³/mol. The minimum atomic E-state index is -0.556. The second kappa shape index (κ2) is 4.86. The van der Waals surface area contributed by atoms with Gasteiger partial charge in [0.05, 0.1) is 6.10 Å². The van der Waals surface area contributed by atoms with Gasteiger partial charge >= 0.3 is 12.1 Å². The quantitative estimate of drug-likeness (QED) is 0.693. The second-order valence-corrected chi connectivity index (χ2v) is 3.87. The molecule has 15 heavy (non-hydrogen) atoms. The lowest BCUT2D eigenvalue weighted by Crippen LogP contribution is -2.41. The Labute approximate surface area is 88.7 Å². The maximum absolute atomic E-state index is 11.4. The van der Waals surface area contributed by atoms with E-state index in [-0.39, 0.29) is 18.2 Å². The largest absolute Gasteiger partial charge is 0.447 e. The molecular formula is C9H17N3O3. The molecule has 0 bridgehead atoms. The van der Waals surface area contributed by atoms with Crippen molar-refractivity contribution in [2.45, 2.75) is 32.4 Å². The molecule has 3 amide bonds. The van der Waals surface area contributed by atoms with Gasteiger partial charge in [-0.1, -0.05) is 0 Å². The molecule has 6 heteroatoms. The first-order valence-electron chi connectivity index (χ1n) is 5.00. The Morgan fingerprint density at radius 2 is 2.20 bits per heavy atom. The Bertz CT molecular complexity index is 255. The second-order valence-electron chi connectivity index (χ2n) is 3.87. The van der Waals surface area contributed by atoms with Gasteiger partial charge in [-0.05, 0) is 20.3 Å². The predicted octanol–water partition coefficient (Wildman–Crippen LogP) is 0.274. The Morgan fingerprint density at radius 1 is 1.53 bits per heavy atom. The van der Waals surface area contributed by atoms with Crippen molar-refractivity contribution in [3.8, 4) is 0 Å². The van der Waals surface area contributed by atoms with Crippen molar-refractivity contribution in [2.24, 2.45) is 5.73 Å². The highest BCUT2D eigenvalue weighted by molar-refractivity contribution is 5.72. The fourth-order valence-corrected chi connectivity index (χ4v) is 1.52. The summed E-state index contributed by atoms with van der Waals surface area (Å²) in [5, 5.41) is 2.57. The van der Waals surface area contributed by atoms with E-state index in [0.29, 0.717) is 13.1 Å². The number of likely N-dealkylation sites (tertiary alicyclic amines) is 1. The van der Waals surface area contributed by atoms with Crippen LogP contribution in [0.3, 0.4) is 0 Å². The van der Waals surface area contributed by atoms with E-state index >= 15 is 0 Å². The zero-order valence-corrected chi connectivity index (χ0v) is 9.03.